The van der Waals surface area contributed by atoms with Crippen molar-refractivity contribution >= 4 is 23.4 Å². The molecule has 3 rings (SSSR count). The zero-order chi connectivity index (χ0) is 20.1. The van der Waals surface area contributed by atoms with Crippen molar-refractivity contribution in [3.63, 3.8) is 0 Å². The van der Waals surface area contributed by atoms with Crippen LogP contribution in [-0.4, -0.2) is 28.3 Å². The summed E-state index contributed by atoms with van der Waals surface area (Å²) in [4.78, 5) is 29.1. The van der Waals surface area contributed by atoms with E-state index in [2.05, 4.69) is 10.3 Å². The lowest BCUT2D eigenvalue weighted by Crippen LogP contribution is -2.22. The number of hydrogen-bond acceptors (Lipinski definition) is 5. The van der Waals surface area contributed by atoms with Crippen LogP contribution in [0.15, 0.2) is 64.7 Å². The Labute approximate surface area is 167 Å². The molecule has 0 bridgehead atoms. The summed E-state index contributed by atoms with van der Waals surface area (Å²) in [5.41, 5.74) is 3.34. The zero-order valence-electron chi connectivity index (χ0n) is 15.9. The van der Waals surface area contributed by atoms with E-state index in [-0.39, 0.29) is 22.2 Å². The molecule has 7 heteroatoms. The minimum absolute atomic E-state index is 0.0994. The lowest BCUT2D eigenvalue weighted by molar-refractivity contribution is -0.113. The van der Waals surface area contributed by atoms with Gasteiger partial charge in [0.2, 0.25) is 5.91 Å². The molecule has 0 atom stereocenters. The smallest absolute Gasteiger partial charge is 0.287 e. The van der Waals surface area contributed by atoms with E-state index < -0.39 is 0 Å². The molecule has 0 fully saturated rings. The molecule has 0 unspecified atom stereocenters. The molecular weight excluding hydrogens is 374 g/mol. The highest BCUT2D eigenvalue weighted by Crippen LogP contribution is 2.18. The Morgan fingerprint density at radius 2 is 1.93 bits per heavy atom. The van der Waals surface area contributed by atoms with Crippen LogP contribution in [0, 0.1) is 13.8 Å². The minimum Gasteiger partial charge on any atom is -0.497 e. The summed E-state index contributed by atoms with van der Waals surface area (Å²) in [6.45, 7) is 3.95. The lowest BCUT2D eigenvalue weighted by Gasteiger charge is -2.10. The zero-order valence-corrected chi connectivity index (χ0v) is 16.7. The summed E-state index contributed by atoms with van der Waals surface area (Å²) in [6.07, 6.45) is 3.15. The van der Waals surface area contributed by atoms with Gasteiger partial charge >= 0.3 is 0 Å². The number of anilines is 1. The molecule has 1 amide bonds. The molecule has 0 aliphatic heterocycles. The van der Waals surface area contributed by atoms with E-state index >= 15 is 0 Å². The molecule has 6 nitrogen and oxygen atoms in total. The molecule has 0 aliphatic carbocycles. The number of aryl methyl sites for hydroxylation is 2. The Morgan fingerprint density at radius 1 is 1.18 bits per heavy atom. The highest BCUT2D eigenvalue weighted by Gasteiger charge is 2.11. The number of nitrogens with one attached hydrogen (secondary N) is 1. The standard InChI is InChI=1S/C21H21N3O3S/c1-14-4-9-18(15(2)12-14)23-19(25)13-28-20-21(26)24(11-10-22-20)16-5-7-17(27-3)8-6-16/h4-12H,13H2,1-3H3,(H,23,25). The van der Waals surface area contributed by atoms with Crippen LogP contribution in [0.1, 0.15) is 11.1 Å². The van der Waals surface area contributed by atoms with E-state index in [0.29, 0.717) is 11.4 Å². The Bertz CT molecular complexity index is 1050. The van der Waals surface area contributed by atoms with Crippen molar-refractivity contribution in [2.24, 2.45) is 0 Å². The number of thioether (sulfide) groups is 1. The first-order chi connectivity index (χ1) is 13.5. The molecule has 144 valence electrons. The quantitative estimate of drug-likeness (QED) is 0.646. The van der Waals surface area contributed by atoms with Crippen LogP contribution in [0.2, 0.25) is 0 Å². The summed E-state index contributed by atoms with van der Waals surface area (Å²) in [5.74, 6) is 0.629. The molecular formula is C21H21N3O3S. The van der Waals surface area contributed by atoms with Gasteiger partial charge in [-0.05, 0) is 49.7 Å². The fourth-order valence-corrected chi connectivity index (χ4v) is 3.41. The van der Waals surface area contributed by atoms with Crippen LogP contribution < -0.4 is 15.6 Å². The molecule has 28 heavy (non-hydrogen) atoms. The van der Waals surface area contributed by atoms with Gasteiger partial charge in [-0.15, -0.1) is 0 Å². The van der Waals surface area contributed by atoms with Crippen LogP contribution in [-0.2, 0) is 4.79 Å². The molecule has 1 N–H and O–H groups in total. The van der Waals surface area contributed by atoms with Gasteiger partial charge in [0, 0.05) is 23.8 Å². The fraction of sp³-hybridized carbons (Fsp3) is 0.190. The van der Waals surface area contributed by atoms with E-state index in [1.807, 2.05) is 32.0 Å². The summed E-state index contributed by atoms with van der Waals surface area (Å²) in [6, 6.07) is 13.0. The maximum absolute atomic E-state index is 12.7. The van der Waals surface area contributed by atoms with Crippen LogP contribution in [0.4, 0.5) is 5.69 Å². The van der Waals surface area contributed by atoms with Gasteiger partial charge in [0.25, 0.3) is 5.56 Å². The number of methoxy groups -OCH3 is 1. The summed E-state index contributed by atoms with van der Waals surface area (Å²) in [7, 11) is 1.59. The predicted molar refractivity (Wildman–Crippen MR) is 112 cm³/mol. The second-order valence-corrected chi connectivity index (χ2v) is 7.22. The molecule has 1 heterocycles. The Hall–Kier alpha value is -3.06. The van der Waals surface area contributed by atoms with Gasteiger partial charge in [0.15, 0.2) is 5.03 Å². The Morgan fingerprint density at radius 3 is 2.61 bits per heavy atom. The number of aromatic nitrogens is 2. The molecule has 0 radical (unpaired) electrons. The monoisotopic (exact) mass is 395 g/mol. The highest BCUT2D eigenvalue weighted by molar-refractivity contribution is 7.99. The average molecular weight is 395 g/mol. The number of hydrogen-bond donors (Lipinski definition) is 1. The number of rotatable bonds is 6. The number of amides is 1. The first-order valence-corrected chi connectivity index (χ1v) is 9.68. The average Bonchev–Trinajstić information content (AvgIpc) is 2.69. The van der Waals surface area contributed by atoms with Crippen LogP contribution >= 0.6 is 11.8 Å². The van der Waals surface area contributed by atoms with E-state index in [0.717, 1.165) is 28.6 Å². The highest BCUT2D eigenvalue weighted by atomic mass is 32.2. The maximum Gasteiger partial charge on any atom is 0.287 e. The summed E-state index contributed by atoms with van der Waals surface area (Å²) >= 11 is 1.12. The van der Waals surface area contributed by atoms with E-state index in [1.54, 1.807) is 43.8 Å². The van der Waals surface area contributed by atoms with Crippen molar-refractivity contribution in [1.29, 1.82) is 0 Å². The first-order valence-electron chi connectivity index (χ1n) is 8.70. The van der Waals surface area contributed by atoms with Crippen molar-refractivity contribution in [3.8, 4) is 11.4 Å². The van der Waals surface area contributed by atoms with Crippen molar-refractivity contribution in [3.05, 3.63) is 76.3 Å². The summed E-state index contributed by atoms with van der Waals surface area (Å²) < 4.78 is 6.64. The second-order valence-electron chi connectivity index (χ2n) is 6.26. The van der Waals surface area contributed by atoms with E-state index in [4.69, 9.17) is 4.74 Å². The van der Waals surface area contributed by atoms with Gasteiger partial charge in [-0.2, -0.15) is 0 Å². The number of carbonyl (C=O) groups excluding carboxylic acids is 1. The molecule has 0 saturated carbocycles. The van der Waals surface area contributed by atoms with Crippen molar-refractivity contribution in [2.75, 3.05) is 18.2 Å². The minimum atomic E-state index is -0.267. The molecule has 1 aromatic heterocycles. The Balaban J connectivity index is 1.70. The van der Waals surface area contributed by atoms with Crippen molar-refractivity contribution < 1.29 is 9.53 Å². The van der Waals surface area contributed by atoms with E-state index in [9.17, 15) is 9.59 Å². The lowest BCUT2D eigenvalue weighted by atomic mass is 10.1. The predicted octanol–water partition coefficient (Wildman–Crippen LogP) is 3.59. The molecule has 3 aromatic rings. The normalized spacial score (nSPS) is 10.5. The van der Waals surface area contributed by atoms with Gasteiger partial charge in [-0.1, -0.05) is 29.5 Å². The third kappa shape index (κ3) is 4.61. The van der Waals surface area contributed by atoms with Crippen molar-refractivity contribution in [1.82, 2.24) is 9.55 Å². The molecule has 0 saturated heterocycles. The third-order valence-corrected chi connectivity index (χ3v) is 5.12. The third-order valence-electron chi connectivity index (χ3n) is 4.16. The van der Waals surface area contributed by atoms with Gasteiger partial charge in [-0.3, -0.25) is 14.2 Å². The Kier molecular flexibility index (Phi) is 6.16. The van der Waals surface area contributed by atoms with Gasteiger partial charge < -0.3 is 10.1 Å². The van der Waals surface area contributed by atoms with E-state index in [1.165, 1.54) is 4.57 Å². The number of carbonyl (C=O) groups is 1. The SMILES string of the molecule is COc1ccc(-n2ccnc(SCC(=O)Nc3ccc(C)cc3C)c2=O)cc1. The first kappa shape index (κ1) is 19.7. The number of nitrogens with zero attached hydrogens (tertiary/aromatic N) is 2. The van der Waals surface area contributed by atoms with Gasteiger partial charge in [0.1, 0.15) is 5.75 Å². The van der Waals surface area contributed by atoms with Gasteiger partial charge in [0.05, 0.1) is 12.9 Å². The molecule has 0 aliphatic rings. The maximum atomic E-state index is 12.7. The molecule has 2 aromatic carbocycles. The summed E-state index contributed by atoms with van der Waals surface area (Å²) in [5, 5.41) is 3.15. The van der Waals surface area contributed by atoms with Crippen LogP contribution in [0.25, 0.3) is 5.69 Å². The van der Waals surface area contributed by atoms with Crippen LogP contribution in [0.5, 0.6) is 5.75 Å². The molecule has 0 spiro atoms. The fourth-order valence-electron chi connectivity index (χ4n) is 2.71. The van der Waals surface area contributed by atoms with Gasteiger partial charge in [-0.25, -0.2) is 4.98 Å². The number of benzene rings is 2. The van der Waals surface area contributed by atoms with Crippen molar-refractivity contribution in [2.45, 2.75) is 18.9 Å². The second kappa shape index (κ2) is 8.75. The topological polar surface area (TPSA) is 73.2 Å². The largest absolute Gasteiger partial charge is 0.497 e. The van der Waals surface area contributed by atoms with Crippen LogP contribution in [0.3, 0.4) is 0 Å². The number of ether oxygens (including phenoxy) is 1.